The molecule has 8 heteroatoms. The second-order valence-corrected chi connectivity index (χ2v) is 5.68. The predicted molar refractivity (Wildman–Crippen MR) is 92.4 cm³/mol. The summed E-state index contributed by atoms with van der Waals surface area (Å²) in [7, 11) is 0. The van der Waals surface area contributed by atoms with E-state index in [1.54, 1.807) is 43.3 Å². The zero-order chi connectivity index (χ0) is 18.4. The lowest BCUT2D eigenvalue weighted by Gasteiger charge is -2.15. The highest BCUT2D eigenvalue weighted by molar-refractivity contribution is 5.80. The molecule has 3 aromatic rings. The maximum atomic E-state index is 12.9. The largest absolute Gasteiger partial charge is 0.481 e. The first kappa shape index (κ1) is 17.5. The highest BCUT2D eigenvalue weighted by atomic mass is 19.1. The molecule has 0 aliphatic rings. The summed E-state index contributed by atoms with van der Waals surface area (Å²) in [6.07, 6.45) is 1.48. The summed E-state index contributed by atoms with van der Waals surface area (Å²) < 4.78 is 20.0. The van der Waals surface area contributed by atoms with E-state index < -0.39 is 6.10 Å². The third-order valence-electron chi connectivity index (χ3n) is 3.76. The maximum Gasteiger partial charge on any atom is 0.260 e. The highest BCUT2D eigenvalue weighted by Gasteiger charge is 2.14. The van der Waals surface area contributed by atoms with E-state index in [1.807, 2.05) is 0 Å². The van der Waals surface area contributed by atoms with E-state index >= 15 is 0 Å². The summed E-state index contributed by atoms with van der Waals surface area (Å²) in [5, 5.41) is 13.8. The first-order valence-corrected chi connectivity index (χ1v) is 8.14. The van der Waals surface area contributed by atoms with Gasteiger partial charge >= 0.3 is 0 Å². The Morgan fingerprint density at radius 3 is 2.58 bits per heavy atom. The standard InChI is InChI=1S/C18H18FN5O2/c1-13(18(25)20-11-10-14-2-4-15(19)5-3-14)26-17-8-6-16(7-9-17)24-12-21-22-23-24/h2-9,12-13H,10-11H2,1H3,(H,20,25). The number of amides is 1. The fraction of sp³-hybridized carbons (Fsp3) is 0.222. The molecule has 0 aliphatic heterocycles. The van der Waals surface area contributed by atoms with Crippen LogP contribution in [0, 0.1) is 5.82 Å². The fourth-order valence-electron chi connectivity index (χ4n) is 2.34. The predicted octanol–water partition coefficient (Wildman–Crippen LogP) is 1.93. The van der Waals surface area contributed by atoms with Crippen LogP contribution < -0.4 is 10.1 Å². The monoisotopic (exact) mass is 355 g/mol. The van der Waals surface area contributed by atoms with Gasteiger partial charge in [-0.05, 0) is 65.7 Å². The molecule has 0 spiro atoms. The van der Waals surface area contributed by atoms with Crippen LogP contribution >= 0.6 is 0 Å². The van der Waals surface area contributed by atoms with Crippen molar-refractivity contribution < 1.29 is 13.9 Å². The first-order valence-electron chi connectivity index (χ1n) is 8.14. The van der Waals surface area contributed by atoms with Crippen LogP contribution in [-0.2, 0) is 11.2 Å². The van der Waals surface area contributed by atoms with Gasteiger partial charge in [-0.25, -0.2) is 9.07 Å². The smallest absolute Gasteiger partial charge is 0.260 e. The van der Waals surface area contributed by atoms with Crippen molar-refractivity contribution in [3.05, 3.63) is 66.2 Å². The van der Waals surface area contributed by atoms with Crippen molar-refractivity contribution in [3.63, 3.8) is 0 Å². The van der Waals surface area contributed by atoms with Crippen LogP contribution in [0.3, 0.4) is 0 Å². The number of rotatable bonds is 7. The third-order valence-corrected chi connectivity index (χ3v) is 3.76. The number of benzene rings is 2. The molecule has 1 atom stereocenters. The summed E-state index contributed by atoms with van der Waals surface area (Å²) >= 11 is 0. The molecule has 0 radical (unpaired) electrons. The molecule has 2 aromatic carbocycles. The lowest BCUT2D eigenvalue weighted by molar-refractivity contribution is -0.127. The molecule has 1 N–H and O–H groups in total. The summed E-state index contributed by atoms with van der Waals surface area (Å²) in [5.74, 6) is 0.0885. The van der Waals surface area contributed by atoms with Gasteiger partial charge in [0.05, 0.1) is 5.69 Å². The molecule has 0 saturated carbocycles. The number of carbonyl (C=O) groups is 1. The van der Waals surface area contributed by atoms with Gasteiger partial charge in [0.1, 0.15) is 17.9 Å². The van der Waals surface area contributed by atoms with Crippen molar-refractivity contribution in [2.75, 3.05) is 6.54 Å². The van der Waals surface area contributed by atoms with Crippen molar-refractivity contribution in [2.45, 2.75) is 19.4 Å². The van der Waals surface area contributed by atoms with Crippen LogP contribution in [0.25, 0.3) is 5.69 Å². The van der Waals surface area contributed by atoms with Crippen molar-refractivity contribution >= 4 is 5.91 Å². The maximum absolute atomic E-state index is 12.9. The van der Waals surface area contributed by atoms with E-state index in [-0.39, 0.29) is 11.7 Å². The SMILES string of the molecule is CC(Oc1ccc(-n2cnnn2)cc1)C(=O)NCCc1ccc(F)cc1. The fourth-order valence-corrected chi connectivity index (χ4v) is 2.34. The van der Waals surface area contributed by atoms with E-state index in [4.69, 9.17) is 4.74 Å². The molecular weight excluding hydrogens is 337 g/mol. The Bertz CT molecular complexity index is 835. The lowest BCUT2D eigenvalue weighted by Crippen LogP contribution is -2.37. The number of nitrogens with zero attached hydrogens (tertiary/aromatic N) is 4. The van der Waals surface area contributed by atoms with Gasteiger partial charge in [-0.3, -0.25) is 4.79 Å². The normalized spacial score (nSPS) is 11.8. The number of halogens is 1. The molecule has 1 heterocycles. The molecule has 0 bridgehead atoms. The molecule has 0 saturated heterocycles. The summed E-state index contributed by atoms with van der Waals surface area (Å²) in [6.45, 7) is 2.14. The number of nitrogens with one attached hydrogen (secondary N) is 1. The summed E-state index contributed by atoms with van der Waals surface area (Å²) in [5.41, 5.74) is 1.75. The second kappa shape index (κ2) is 8.19. The van der Waals surface area contributed by atoms with Gasteiger partial charge in [0, 0.05) is 6.54 Å². The van der Waals surface area contributed by atoms with Crippen LogP contribution in [0.4, 0.5) is 4.39 Å². The topological polar surface area (TPSA) is 81.9 Å². The number of tetrazole rings is 1. The Morgan fingerprint density at radius 1 is 1.19 bits per heavy atom. The lowest BCUT2D eigenvalue weighted by atomic mass is 10.1. The van der Waals surface area contributed by atoms with Crippen LogP contribution in [0.1, 0.15) is 12.5 Å². The molecule has 7 nitrogen and oxygen atoms in total. The van der Waals surface area contributed by atoms with Crippen LogP contribution in [-0.4, -0.2) is 38.8 Å². The molecule has 1 amide bonds. The zero-order valence-electron chi connectivity index (χ0n) is 14.2. The molecule has 26 heavy (non-hydrogen) atoms. The van der Waals surface area contributed by atoms with Crippen molar-refractivity contribution in [1.82, 2.24) is 25.5 Å². The molecule has 1 unspecified atom stereocenters. The van der Waals surface area contributed by atoms with Gasteiger partial charge in [0.2, 0.25) is 0 Å². The van der Waals surface area contributed by atoms with E-state index in [9.17, 15) is 9.18 Å². The average Bonchev–Trinajstić information content (AvgIpc) is 3.18. The molecule has 134 valence electrons. The minimum absolute atomic E-state index is 0.211. The van der Waals surface area contributed by atoms with Crippen molar-refractivity contribution in [2.24, 2.45) is 0 Å². The van der Waals surface area contributed by atoms with Crippen LogP contribution in [0.15, 0.2) is 54.9 Å². The summed E-state index contributed by atoms with van der Waals surface area (Å²) in [6, 6.07) is 13.3. The van der Waals surface area contributed by atoms with E-state index in [1.165, 1.54) is 23.1 Å². The number of hydrogen-bond acceptors (Lipinski definition) is 5. The Morgan fingerprint density at radius 2 is 1.92 bits per heavy atom. The molecule has 3 rings (SSSR count). The Balaban J connectivity index is 1.47. The quantitative estimate of drug-likeness (QED) is 0.700. The van der Waals surface area contributed by atoms with Gasteiger partial charge in [-0.2, -0.15) is 0 Å². The van der Waals surface area contributed by atoms with Gasteiger partial charge < -0.3 is 10.1 Å². The van der Waals surface area contributed by atoms with Gasteiger partial charge in [-0.1, -0.05) is 12.1 Å². The van der Waals surface area contributed by atoms with Crippen molar-refractivity contribution in [1.29, 1.82) is 0 Å². The number of hydrogen-bond donors (Lipinski definition) is 1. The van der Waals surface area contributed by atoms with Gasteiger partial charge in [0.25, 0.3) is 5.91 Å². The second-order valence-electron chi connectivity index (χ2n) is 5.68. The summed E-state index contributed by atoms with van der Waals surface area (Å²) in [4.78, 5) is 12.1. The van der Waals surface area contributed by atoms with E-state index in [0.29, 0.717) is 18.7 Å². The molecule has 0 aliphatic carbocycles. The molecule has 0 fully saturated rings. The third kappa shape index (κ3) is 4.62. The number of aromatic nitrogens is 4. The van der Waals surface area contributed by atoms with Crippen LogP contribution in [0.5, 0.6) is 5.75 Å². The Kier molecular flexibility index (Phi) is 5.52. The van der Waals surface area contributed by atoms with E-state index in [0.717, 1.165) is 11.3 Å². The Hall–Kier alpha value is -3.29. The molecule has 1 aromatic heterocycles. The minimum atomic E-state index is -0.637. The Labute approximate surface area is 149 Å². The van der Waals surface area contributed by atoms with Crippen molar-refractivity contribution in [3.8, 4) is 11.4 Å². The number of ether oxygens (including phenoxy) is 1. The van der Waals surface area contributed by atoms with E-state index in [2.05, 4.69) is 20.8 Å². The molecular formula is C18H18FN5O2. The zero-order valence-corrected chi connectivity index (χ0v) is 14.2. The number of carbonyl (C=O) groups excluding carboxylic acids is 1. The minimum Gasteiger partial charge on any atom is -0.481 e. The average molecular weight is 355 g/mol. The van der Waals surface area contributed by atoms with Gasteiger partial charge in [-0.15, -0.1) is 5.10 Å². The first-order chi connectivity index (χ1) is 12.6. The highest BCUT2D eigenvalue weighted by Crippen LogP contribution is 2.15. The van der Waals surface area contributed by atoms with Crippen LogP contribution in [0.2, 0.25) is 0 Å². The van der Waals surface area contributed by atoms with Gasteiger partial charge in [0.15, 0.2) is 6.10 Å².